The van der Waals surface area contributed by atoms with Gasteiger partial charge < -0.3 is 15.4 Å². The normalized spacial score (nSPS) is 12.3. The van der Waals surface area contributed by atoms with Crippen LogP contribution < -0.4 is 15.4 Å². The molecule has 1 aromatic carbocycles. The molecular formula is C27H31N3O3S. The Morgan fingerprint density at radius 3 is 2.68 bits per heavy atom. The third-order valence-corrected chi connectivity index (χ3v) is 7.14. The van der Waals surface area contributed by atoms with Crippen molar-refractivity contribution in [1.29, 1.82) is 0 Å². The molecule has 34 heavy (non-hydrogen) atoms. The summed E-state index contributed by atoms with van der Waals surface area (Å²) in [5.41, 5.74) is 3.13. The van der Waals surface area contributed by atoms with Crippen LogP contribution in [-0.2, 0) is 19.4 Å². The van der Waals surface area contributed by atoms with Crippen molar-refractivity contribution in [2.24, 2.45) is 0 Å². The molecule has 0 radical (unpaired) electrons. The number of pyridine rings is 1. The van der Waals surface area contributed by atoms with Crippen LogP contribution in [0.25, 0.3) is 0 Å². The summed E-state index contributed by atoms with van der Waals surface area (Å²) in [5.74, 6) is 0.375. The van der Waals surface area contributed by atoms with Crippen LogP contribution in [0.15, 0.2) is 48.8 Å². The Kier molecular flexibility index (Phi) is 8.31. The van der Waals surface area contributed by atoms with E-state index in [2.05, 4.69) is 22.5 Å². The maximum absolute atomic E-state index is 13.1. The van der Waals surface area contributed by atoms with Crippen molar-refractivity contribution < 1.29 is 14.3 Å². The zero-order valence-electron chi connectivity index (χ0n) is 19.6. The third-order valence-electron chi connectivity index (χ3n) is 5.93. The quantitative estimate of drug-likeness (QED) is 0.344. The van der Waals surface area contributed by atoms with E-state index in [0.29, 0.717) is 29.3 Å². The monoisotopic (exact) mass is 477 g/mol. The first-order valence-corrected chi connectivity index (χ1v) is 12.8. The molecular weight excluding hydrogens is 446 g/mol. The molecule has 0 bridgehead atoms. The number of rotatable bonds is 11. The lowest BCUT2D eigenvalue weighted by molar-refractivity contribution is 0.0951. The molecule has 2 amide bonds. The summed E-state index contributed by atoms with van der Waals surface area (Å²) in [4.78, 5) is 31.3. The first kappa shape index (κ1) is 24.0. The average molecular weight is 478 g/mol. The Morgan fingerprint density at radius 2 is 1.91 bits per heavy atom. The Balaban J connectivity index is 1.40. The summed E-state index contributed by atoms with van der Waals surface area (Å²) in [5, 5.41) is 6.59. The van der Waals surface area contributed by atoms with E-state index < -0.39 is 0 Å². The van der Waals surface area contributed by atoms with Crippen molar-refractivity contribution in [1.82, 2.24) is 10.3 Å². The third kappa shape index (κ3) is 6.03. The van der Waals surface area contributed by atoms with E-state index in [9.17, 15) is 9.59 Å². The first-order valence-electron chi connectivity index (χ1n) is 12.0. The molecule has 0 atom stereocenters. The summed E-state index contributed by atoms with van der Waals surface area (Å²) in [6.07, 6.45) is 10.9. The molecule has 0 aliphatic heterocycles. The molecule has 0 saturated carbocycles. The van der Waals surface area contributed by atoms with Gasteiger partial charge in [0, 0.05) is 29.4 Å². The Morgan fingerprint density at radius 1 is 1.06 bits per heavy atom. The van der Waals surface area contributed by atoms with Gasteiger partial charge in [0.15, 0.2) is 0 Å². The van der Waals surface area contributed by atoms with Crippen LogP contribution in [-0.4, -0.2) is 23.4 Å². The number of nitrogens with one attached hydrogen (secondary N) is 2. The van der Waals surface area contributed by atoms with E-state index in [-0.39, 0.29) is 11.8 Å². The highest BCUT2D eigenvalue weighted by Gasteiger charge is 2.27. The highest BCUT2D eigenvalue weighted by Crippen LogP contribution is 2.39. The van der Waals surface area contributed by atoms with Crippen LogP contribution in [0, 0.1) is 0 Å². The highest BCUT2D eigenvalue weighted by atomic mass is 32.1. The molecule has 0 fully saturated rings. The molecule has 3 aromatic rings. The zero-order chi connectivity index (χ0) is 23.8. The SMILES string of the molecule is CCCCCCOc1ccc(C(=O)Nc2sc3c(c2C(=O)NCc2cccnc2)CCC3)cc1. The summed E-state index contributed by atoms with van der Waals surface area (Å²) >= 11 is 1.51. The topological polar surface area (TPSA) is 80.3 Å². The number of ether oxygens (including phenoxy) is 1. The van der Waals surface area contributed by atoms with Gasteiger partial charge in [-0.25, -0.2) is 0 Å². The molecule has 2 N–H and O–H groups in total. The second-order valence-corrected chi connectivity index (χ2v) is 9.60. The van der Waals surface area contributed by atoms with E-state index in [0.717, 1.165) is 42.6 Å². The second kappa shape index (κ2) is 11.8. The molecule has 0 saturated heterocycles. The van der Waals surface area contributed by atoms with Gasteiger partial charge in [0.05, 0.1) is 12.2 Å². The number of benzene rings is 1. The Bertz CT molecular complexity index is 1110. The number of hydrogen-bond acceptors (Lipinski definition) is 5. The first-order chi connectivity index (χ1) is 16.7. The minimum Gasteiger partial charge on any atom is -0.494 e. The van der Waals surface area contributed by atoms with E-state index in [1.165, 1.54) is 35.5 Å². The highest BCUT2D eigenvalue weighted by molar-refractivity contribution is 7.17. The lowest BCUT2D eigenvalue weighted by Crippen LogP contribution is -2.25. The van der Waals surface area contributed by atoms with Gasteiger partial charge in [-0.05, 0) is 67.1 Å². The fraction of sp³-hybridized carbons (Fsp3) is 0.370. The number of unbranched alkanes of at least 4 members (excludes halogenated alkanes) is 3. The number of amides is 2. The van der Waals surface area contributed by atoms with E-state index >= 15 is 0 Å². The fourth-order valence-corrected chi connectivity index (χ4v) is 5.38. The molecule has 2 aromatic heterocycles. The largest absolute Gasteiger partial charge is 0.494 e. The summed E-state index contributed by atoms with van der Waals surface area (Å²) < 4.78 is 5.77. The van der Waals surface area contributed by atoms with Crippen LogP contribution in [0.3, 0.4) is 0 Å². The average Bonchev–Trinajstić information content (AvgIpc) is 3.44. The van der Waals surface area contributed by atoms with Crippen LogP contribution in [0.2, 0.25) is 0 Å². The Labute approximate surface area is 204 Å². The van der Waals surface area contributed by atoms with Gasteiger partial charge >= 0.3 is 0 Å². The summed E-state index contributed by atoms with van der Waals surface area (Å²) in [6.45, 7) is 3.26. The summed E-state index contributed by atoms with van der Waals surface area (Å²) in [6, 6.07) is 10.9. The van der Waals surface area contributed by atoms with E-state index in [4.69, 9.17) is 4.74 Å². The molecule has 0 spiro atoms. The van der Waals surface area contributed by atoms with Crippen molar-refractivity contribution in [3.8, 4) is 5.75 Å². The van der Waals surface area contributed by atoms with Crippen LogP contribution >= 0.6 is 11.3 Å². The molecule has 7 heteroatoms. The van der Waals surface area contributed by atoms with Gasteiger partial charge in [0.2, 0.25) is 0 Å². The second-order valence-electron chi connectivity index (χ2n) is 8.49. The van der Waals surface area contributed by atoms with Crippen LogP contribution in [0.4, 0.5) is 5.00 Å². The number of fused-ring (bicyclic) bond motifs is 1. The lowest BCUT2D eigenvalue weighted by Gasteiger charge is -2.10. The summed E-state index contributed by atoms with van der Waals surface area (Å²) in [7, 11) is 0. The number of nitrogens with zero attached hydrogens (tertiary/aromatic N) is 1. The lowest BCUT2D eigenvalue weighted by atomic mass is 10.1. The van der Waals surface area contributed by atoms with Gasteiger partial charge in [-0.3, -0.25) is 14.6 Å². The van der Waals surface area contributed by atoms with Crippen molar-refractivity contribution in [2.75, 3.05) is 11.9 Å². The van der Waals surface area contributed by atoms with Gasteiger partial charge in [-0.1, -0.05) is 32.3 Å². The van der Waals surface area contributed by atoms with Crippen molar-refractivity contribution >= 4 is 28.2 Å². The molecule has 0 unspecified atom stereocenters. The fourth-order valence-electron chi connectivity index (χ4n) is 4.10. The van der Waals surface area contributed by atoms with Crippen molar-refractivity contribution in [2.45, 2.75) is 58.4 Å². The smallest absolute Gasteiger partial charge is 0.256 e. The molecule has 1 aliphatic carbocycles. The number of thiophene rings is 1. The van der Waals surface area contributed by atoms with Gasteiger partial charge in [0.1, 0.15) is 10.8 Å². The number of aryl methyl sites for hydroxylation is 1. The predicted molar refractivity (Wildman–Crippen MR) is 136 cm³/mol. The standard InChI is InChI=1S/C27H31N3O3S/c1-2-3-4-5-16-33-21-13-11-20(12-14-21)25(31)30-27-24(22-9-6-10-23(22)34-27)26(32)29-18-19-8-7-15-28-17-19/h7-8,11-15,17H,2-6,9-10,16,18H2,1H3,(H,29,32)(H,30,31). The van der Waals surface area contributed by atoms with E-state index in [1.54, 1.807) is 24.5 Å². The minimum absolute atomic E-state index is 0.162. The molecule has 178 valence electrons. The molecule has 2 heterocycles. The number of hydrogen-bond donors (Lipinski definition) is 2. The zero-order valence-corrected chi connectivity index (χ0v) is 20.4. The van der Waals surface area contributed by atoms with Gasteiger partial charge in [-0.2, -0.15) is 0 Å². The molecule has 4 rings (SSSR count). The van der Waals surface area contributed by atoms with E-state index in [1.807, 2.05) is 24.3 Å². The number of carbonyl (C=O) groups excluding carboxylic acids is 2. The molecule has 6 nitrogen and oxygen atoms in total. The Hall–Kier alpha value is -3.19. The van der Waals surface area contributed by atoms with Gasteiger partial charge in [0.25, 0.3) is 11.8 Å². The minimum atomic E-state index is -0.226. The van der Waals surface area contributed by atoms with Crippen LogP contribution in [0.1, 0.15) is 75.7 Å². The van der Waals surface area contributed by atoms with Gasteiger partial charge in [-0.15, -0.1) is 11.3 Å². The number of carbonyl (C=O) groups is 2. The van der Waals surface area contributed by atoms with Crippen molar-refractivity contribution in [3.05, 3.63) is 75.9 Å². The maximum Gasteiger partial charge on any atom is 0.256 e. The van der Waals surface area contributed by atoms with Crippen molar-refractivity contribution in [3.63, 3.8) is 0 Å². The predicted octanol–water partition coefficient (Wildman–Crippen LogP) is 5.77. The maximum atomic E-state index is 13.1. The number of anilines is 1. The molecule has 1 aliphatic rings. The van der Waals surface area contributed by atoms with Crippen LogP contribution in [0.5, 0.6) is 5.75 Å². The number of aromatic nitrogens is 1.